The summed E-state index contributed by atoms with van der Waals surface area (Å²) < 4.78 is 5.40. The number of rotatable bonds is 5. The average Bonchev–Trinajstić information content (AvgIpc) is 2.64. The van der Waals surface area contributed by atoms with Crippen molar-refractivity contribution < 1.29 is 14.3 Å². The Bertz CT molecular complexity index is 342. The van der Waals surface area contributed by atoms with Crippen LogP contribution >= 0.6 is 0 Å². The fraction of sp³-hybridized carbons (Fsp3) is 0.600. The van der Waals surface area contributed by atoms with Crippen LogP contribution in [-0.2, 0) is 6.42 Å². The molecule has 0 unspecified atom stereocenters. The van der Waals surface area contributed by atoms with Crippen LogP contribution in [0.2, 0.25) is 0 Å². The van der Waals surface area contributed by atoms with Gasteiger partial charge in [-0.1, -0.05) is 6.92 Å². The third-order valence-electron chi connectivity index (χ3n) is 2.21. The quantitative estimate of drug-likeness (QED) is 0.805. The molecule has 84 valence electrons. The second kappa shape index (κ2) is 4.82. The van der Waals surface area contributed by atoms with Crippen LogP contribution in [0.4, 0.5) is 5.88 Å². The summed E-state index contributed by atoms with van der Waals surface area (Å²) >= 11 is 0. The SMILES string of the molecule is CCc1nc(C(=O)O)c(N(CC)CC)o1. The minimum absolute atomic E-state index is 0.00977. The molecule has 0 saturated heterocycles. The van der Waals surface area contributed by atoms with Crippen LogP contribution in [0.15, 0.2) is 4.42 Å². The topological polar surface area (TPSA) is 66.6 Å². The largest absolute Gasteiger partial charge is 0.476 e. The molecule has 0 aromatic carbocycles. The van der Waals surface area contributed by atoms with Gasteiger partial charge in [0.1, 0.15) is 0 Å². The van der Waals surface area contributed by atoms with Crippen molar-refractivity contribution in [2.24, 2.45) is 0 Å². The average molecular weight is 212 g/mol. The molecule has 0 spiro atoms. The van der Waals surface area contributed by atoms with E-state index in [1.54, 1.807) is 0 Å². The van der Waals surface area contributed by atoms with Gasteiger partial charge in [-0.2, -0.15) is 0 Å². The van der Waals surface area contributed by atoms with Crippen molar-refractivity contribution in [1.29, 1.82) is 0 Å². The Balaban J connectivity index is 3.13. The number of aromatic carboxylic acids is 1. The first-order chi connectivity index (χ1) is 7.13. The summed E-state index contributed by atoms with van der Waals surface area (Å²) in [5, 5.41) is 8.97. The number of carboxylic acids is 1. The first kappa shape index (κ1) is 11.6. The Kier molecular flexibility index (Phi) is 3.71. The monoisotopic (exact) mass is 212 g/mol. The first-order valence-electron chi connectivity index (χ1n) is 5.11. The smallest absolute Gasteiger partial charge is 0.360 e. The summed E-state index contributed by atoms with van der Waals surface area (Å²) in [6.45, 7) is 7.18. The Morgan fingerprint density at radius 2 is 2.00 bits per heavy atom. The maximum atomic E-state index is 10.9. The standard InChI is InChI=1S/C10H16N2O3/c1-4-7-11-8(10(13)14)9(15-7)12(5-2)6-3/h4-6H2,1-3H3,(H,13,14). The number of hydrogen-bond donors (Lipinski definition) is 1. The first-order valence-corrected chi connectivity index (χ1v) is 5.11. The minimum atomic E-state index is -1.04. The lowest BCUT2D eigenvalue weighted by Gasteiger charge is -2.17. The van der Waals surface area contributed by atoms with Gasteiger partial charge in [0.15, 0.2) is 5.89 Å². The van der Waals surface area contributed by atoms with Crippen molar-refractivity contribution in [3.05, 3.63) is 11.6 Å². The third kappa shape index (κ3) is 2.29. The van der Waals surface area contributed by atoms with Gasteiger partial charge in [-0.05, 0) is 13.8 Å². The molecule has 0 atom stereocenters. The van der Waals surface area contributed by atoms with E-state index in [0.29, 0.717) is 31.3 Å². The highest BCUT2D eigenvalue weighted by molar-refractivity contribution is 5.90. The van der Waals surface area contributed by atoms with Gasteiger partial charge in [-0.15, -0.1) is 0 Å². The predicted molar refractivity (Wildman–Crippen MR) is 56.4 cm³/mol. The van der Waals surface area contributed by atoms with E-state index in [9.17, 15) is 4.79 Å². The summed E-state index contributed by atoms with van der Waals surface area (Å²) in [6.07, 6.45) is 0.599. The van der Waals surface area contributed by atoms with E-state index in [4.69, 9.17) is 9.52 Å². The zero-order valence-corrected chi connectivity index (χ0v) is 9.28. The molecule has 0 radical (unpaired) electrons. The number of anilines is 1. The van der Waals surface area contributed by atoms with Crippen LogP contribution < -0.4 is 4.90 Å². The molecule has 1 aromatic heterocycles. The van der Waals surface area contributed by atoms with Crippen LogP contribution in [0.25, 0.3) is 0 Å². The Hall–Kier alpha value is -1.52. The number of nitrogens with zero attached hydrogens (tertiary/aromatic N) is 2. The summed E-state index contributed by atoms with van der Waals surface area (Å²) in [5.41, 5.74) is 0.00977. The molecule has 0 amide bonds. The Morgan fingerprint density at radius 1 is 1.40 bits per heavy atom. The van der Waals surface area contributed by atoms with E-state index in [2.05, 4.69) is 4.98 Å². The van der Waals surface area contributed by atoms with Gasteiger partial charge in [0.05, 0.1) is 0 Å². The van der Waals surface area contributed by atoms with Gasteiger partial charge in [-0.3, -0.25) is 0 Å². The van der Waals surface area contributed by atoms with Crippen molar-refractivity contribution in [3.63, 3.8) is 0 Å². The molecule has 1 N–H and O–H groups in total. The maximum absolute atomic E-state index is 10.9. The number of oxazole rings is 1. The molecule has 0 aliphatic heterocycles. The van der Waals surface area contributed by atoms with Crippen LogP contribution in [0.1, 0.15) is 37.2 Å². The molecule has 1 aromatic rings. The van der Waals surface area contributed by atoms with E-state index < -0.39 is 5.97 Å². The van der Waals surface area contributed by atoms with Crippen molar-refractivity contribution in [2.75, 3.05) is 18.0 Å². The van der Waals surface area contributed by atoms with E-state index >= 15 is 0 Å². The molecule has 1 rings (SSSR count). The zero-order valence-electron chi connectivity index (χ0n) is 9.28. The van der Waals surface area contributed by atoms with Crippen molar-refractivity contribution >= 4 is 11.9 Å². The van der Waals surface area contributed by atoms with Crippen LogP contribution in [0.5, 0.6) is 0 Å². The summed E-state index contributed by atoms with van der Waals surface area (Å²) in [5.74, 6) is -0.209. The lowest BCUT2D eigenvalue weighted by atomic mass is 10.4. The van der Waals surface area contributed by atoms with Crippen LogP contribution in [0.3, 0.4) is 0 Å². The molecular weight excluding hydrogens is 196 g/mol. The van der Waals surface area contributed by atoms with Gasteiger partial charge in [0.25, 0.3) is 0 Å². The molecule has 0 aliphatic carbocycles. The second-order valence-corrected chi connectivity index (χ2v) is 3.09. The van der Waals surface area contributed by atoms with Crippen molar-refractivity contribution in [2.45, 2.75) is 27.2 Å². The molecule has 0 bridgehead atoms. The van der Waals surface area contributed by atoms with Gasteiger partial charge in [0, 0.05) is 19.5 Å². The highest BCUT2D eigenvalue weighted by Crippen LogP contribution is 2.22. The van der Waals surface area contributed by atoms with Gasteiger partial charge >= 0.3 is 5.97 Å². The lowest BCUT2D eigenvalue weighted by molar-refractivity contribution is 0.0691. The Labute approximate surface area is 88.7 Å². The fourth-order valence-electron chi connectivity index (χ4n) is 1.37. The number of aryl methyl sites for hydroxylation is 1. The highest BCUT2D eigenvalue weighted by Gasteiger charge is 2.22. The number of carboxylic acid groups (broad SMARTS) is 1. The molecule has 0 saturated carbocycles. The van der Waals surface area contributed by atoms with E-state index in [1.165, 1.54) is 0 Å². The van der Waals surface area contributed by atoms with Crippen molar-refractivity contribution in [3.8, 4) is 0 Å². The van der Waals surface area contributed by atoms with Crippen LogP contribution in [0, 0.1) is 0 Å². The van der Waals surface area contributed by atoms with Gasteiger partial charge in [-0.25, -0.2) is 9.78 Å². The predicted octanol–water partition coefficient (Wildman–Crippen LogP) is 1.78. The number of hydrogen-bond acceptors (Lipinski definition) is 4. The van der Waals surface area contributed by atoms with E-state index in [-0.39, 0.29) is 5.69 Å². The van der Waals surface area contributed by atoms with Crippen LogP contribution in [-0.4, -0.2) is 29.1 Å². The number of aromatic nitrogens is 1. The summed E-state index contributed by atoms with van der Waals surface area (Å²) in [7, 11) is 0. The number of carbonyl (C=O) groups is 1. The molecule has 0 fully saturated rings. The van der Waals surface area contributed by atoms with Gasteiger partial charge in [0.2, 0.25) is 11.6 Å². The van der Waals surface area contributed by atoms with E-state index in [0.717, 1.165) is 0 Å². The highest BCUT2D eigenvalue weighted by atomic mass is 16.4. The summed E-state index contributed by atoms with van der Waals surface area (Å²) in [4.78, 5) is 16.7. The molecule has 5 heteroatoms. The maximum Gasteiger partial charge on any atom is 0.360 e. The lowest BCUT2D eigenvalue weighted by Crippen LogP contribution is -2.23. The van der Waals surface area contributed by atoms with E-state index in [1.807, 2.05) is 25.7 Å². The fourth-order valence-corrected chi connectivity index (χ4v) is 1.37. The zero-order chi connectivity index (χ0) is 11.4. The summed E-state index contributed by atoms with van der Waals surface area (Å²) in [6, 6.07) is 0. The molecule has 5 nitrogen and oxygen atoms in total. The normalized spacial score (nSPS) is 10.3. The molecular formula is C10H16N2O3. The second-order valence-electron chi connectivity index (χ2n) is 3.09. The third-order valence-corrected chi connectivity index (χ3v) is 2.21. The van der Waals surface area contributed by atoms with Gasteiger partial charge < -0.3 is 14.4 Å². The Morgan fingerprint density at radius 3 is 2.40 bits per heavy atom. The minimum Gasteiger partial charge on any atom is -0.476 e. The molecule has 15 heavy (non-hydrogen) atoms. The van der Waals surface area contributed by atoms with Crippen molar-refractivity contribution in [1.82, 2.24) is 4.98 Å². The molecule has 1 heterocycles. The molecule has 0 aliphatic rings.